The summed E-state index contributed by atoms with van der Waals surface area (Å²) in [4.78, 5) is 18.8. The predicted molar refractivity (Wildman–Crippen MR) is 129 cm³/mol. The van der Waals surface area contributed by atoms with Crippen LogP contribution in [0.15, 0.2) is 29.3 Å². The van der Waals surface area contributed by atoms with Crippen molar-refractivity contribution < 1.29 is 4.79 Å². The highest BCUT2D eigenvalue weighted by atomic mass is 127. The van der Waals surface area contributed by atoms with E-state index in [0.717, 1.165) is 49.1 Å². The molecule has 28 heavy (non-hydrogen) atoms. The second-order valence-electron chi connectivity index (χ2n) is 6.94. The molecule has 1 aliphatic heterocycles. The molecular weight excluding hydrogens is 489 g/mol. The molecular formula is C20H33ClIN5O. The van der Waals surface area contributed by atoms with Gasteiger partial charge in [0.1, 0.15) is 0 Å². The Hall–Kier alpha value is -1.22. The molecule has 3 N–H and O–H groups in total. The van der Waals surface area contributed by atoms with Gasteiger partial charge in [-0.05, 0) is 44.9 Å². The second-order valence-corrected chi connectivity index (χ2v) is 7.38. The van der Waals surface area contributed by atoms with Gasteiger partial charge in [-0.25, -0.2) is 0 Å². The van der Waals surface area contributed by atoms with E-state index in [9.17, 15) is 4.79 Å². The lowest BCUT2D eigenvalue weighted by atomic mass is 10.2. The third-order valence-electron chi connectivity index (χ3n) is 4.68. The molecule has 1 heterocycles. The molecule has 0 radical (unpaired) electrons. The molecule has 0 spiro atoms. The second kappa shape index (κ2) is 13.1. The fourth-order valence-electron chi connectivity index (χ4n) is 3.02. The molecule has 1 amide bonds. The predicted octanol–water partition coefficient (Wildman–Crippen LogP) is 3.40. The van der Waals surface area contributed by atoms with Gasteiger partial charge in [-0.3, -0.25) is 9.79 Å². The minimum absolute atomic E-state index is 0. The average Bonchev–Trinajstić information content (AvgIpc) is 3.10. The van der Waals surface area contributed by atoms with E-state index < -0.39 is 0 Å². The normalized spacial score (nSPS) is 17.6. The number of amides is 1. The lowest BCUT2D eigenvalue weighted by molar-refractivity contribution is -0.121. The number of nitrogens with one attached hydrogen (secondary N) is 3. The zero-order chi connectivity index (χ0) is 19.6. The molecule has 8 heteroatoms. The maximum Gasteiger partial charge on any atom is 0.222 e. The first-order valence-corrected chi connectivity index (χ1v) is 10.2. The van der Waals surface area contributed by atoms with Crippen LogP contribution >= 0.6 is 35.6 Å². The Morgan fingerprint density at radius 1 is 1.39 bits per heavy atom. The molecule has 1 aliphatic rings. The number of nitrogens with zero attached hydrogens (tertiary/aromatic N) is 2. The van der Waals surface area contributed by atoms with Gasteiger partial charge in [0, 0.05) is 48.8 Å². The number of aliphatic imine (C=N–C) groups is 1. The summed E-state index contributed by atoms with van der Waals surface area (Å²) < 4.78 is 0. The van der Waals surface area contributed by atoms with E-state index in [-0.39, 0.29) is 35.9 Å². The standard InChI is InChI=1S/C20H32ClN5O.HI/c1-4-15(3)24-19(27)9-11-23-20(22-5-2)25-17-10-12-26(14-17)18-8-6-7-16(21)13-18;/h6-8,13,15,17H,4-5,9-12,14H2,1-3H3,(H,24,27)(H2,22,23,25);1H. The van der Waals surface area contributed by atoms with Crippen LogP contribution in [0.5, 0.6) is 0 Å². The van der Waals surface area contributed by atoms with Crippen LogP contribution in [0.4, 0.5) is 5.69 Å². The molecule has 0 aliphatic carbocycles. The van der Waals surface area contributed by atoms with Crippen molar-refractivity contribution >= 4 is 53.1 Å². The highest BCUT2D eigenvalue weighted by Crippen LogP contribution is 2.23. The van der Waals surface area contributed by atoms with Gasteiger partial charge in [0.05, 0.1) is 6.54 Å². The summed E-state index contributed by atoms with van der Waals surface area (Å²) in [5.41, 5.74) is 1.15. The van der Waals surface area contributed by atoms with Crippen molar-refractivity contribution in [2.75, 3.05) is 31.1 Å². The number of carbonyl (C=O) groups is 1. The number of hydrogen-bond donors (Lipinski definition) is 3. The van der Waals surface area contributed by atoms with Gasteiger partial charge < -0.3 is 20.9 Å². The lowest BCUT2D eigenvalue weighted by Gasteiger charge is -2.20. The molecule has 2 atom stereocenters. The van der Waals surface area contributed by atoms with E-state index in [2.05, 4.69) is 38.8 Å². The number of carbonyl (C=O) groups excluding carboxylic acids is 1. The Balaban J connectivity index is 0.00000392. The fourth-order valence-corrected chi connectivity index (χ4v) is 3.20. The Bertz CT molecular complexity index is 643. The Morgan fingerprint density at radius 3 is 2.86 bits per heavy atom. The van der Waals surface area contributed by atoms with Gasteiger partial charge in [0.25, 0.3) is 0 Å². The molecule has 1 fully saturated rings. The fraction of sp³-hybridized carbons (Fsp3) is 0.600. The average molecular weight is 522 g/mol. The quantitative estimate of drug-likeness (QED) is 0.279. The van der Waals surface area contributed by atoms with Crippen LogP contribution in [0.25, 0.3) is 0 Å². The van der Waals surface area contributed by atoms with Crippen molar-refractivity contribution in [2.45, 2.75) is 52.1 Å². The third kappa shape index (κ3) is 8.43. The number of rotatable bonds is 8. The molecule has 0 bridgehead atoms. The molecule has 0 saturated carbocycles. The number of anilines is 1. The Labute approximate surface area is 190 Å². The van der Waals surface area contributed by atoms with E-state index >= 15 is 0 Å². The minimum atomic E-state index is 0. The maximum absolute atomic E-state index is 11.9. The van der Waals surface area contributed by atoms with Crippen molar-refractivity contribution in [1.82, 2.24) is 16.0 Å². The first-order valence-electron chi connectivity index (χ1n) is 9.86. The van der Waals surface area contributed by atoms with Crippen molar-refractivity contribution in [2.24, 2.45) is 4.99 Å². The highest BCUT2D eigenvalue weighted by Gasteiger charge is 2.23. The summed E-state index contributed by atoms with van der Waals surface area (Å²) in [5, 5.41) is 10.5. The van der Waals surface area contributed by atoms with Crippen LogP contribution in [0.3, 0.4) is 0 Å². The van der Waals surface area contributed by atoms with E-state index in [4.69, 9.17) is 11.6 Å². The Morgan fingerprint density at radius 2 is 2.18 bits per heavy atom. The van der Waals surface area contributed by atoms with E-state index in [1.807, 2.05) is 32.0 Å². The Kier molecular flexibility index (Phi) is 11.6. The molecule has 1 saturated heterocycles. The van der Waals surface area contributed by atoms with Gasteiger partial charge in [-0.15, -0.1) is 24.0 Å². The third-order valence-corrected chi connectivity index (χ3v) is 4.91. The SMILES string of the molecule is CCNC(=NCCC(=O)NC(C)CC)NC1CCN(c2cccc(Cl)c2)C1.I. The summed E-state index contributed by atoms with van der Waals surface area (Å²) >= 11 is 6.10. The van der Waals surface area contributed by atoms with Gasteiger partial charge in [-0.1, -0.05) is 24.6 Å². The van der Waals surface area contributed by atoms with E-state index in [1.165, 1.54) is 0 Å². The van der Waals surface area contributed by atoms with E-state index in [0.29, 0.717) is 19.0 Å². The first kappa shape index (κ1) is 24.8. The van der Waals surface area contributed by atoms with Crippen LogP contribution in [0.2, 0.25) is 5.02 Å². The molecule has 6 nitrogen and oxygen atoms in total. The van der Waals surface area contributed by atoms with Crippen LogP contribution in [0, 0.1) is 0 Å². The zero-order valence-electron chi connectivity index (χ0n) is 17.0. The molecule has 1 aromatic carbocycles. The van der Waals surface area contributed by atoms with Crippen molar-refractivity contribution in [3.8, 4) is 0 Å². The van der Waals surface area contributed by atoms with Crippen molar-refractivity contribution in [3.63, 3.8) is 0 Å². The molecule has 2 rings (SSSR count). The summed E-state index contributed by atoms with van der Waals surface area (Å²) in [6.45, 7) is 9.26. The summed E-state index contributed by atoms with van der Waals surface area (Å²) in [6, 6.07) is 8.49. The first-order chi connectivity index (χ1) is 13.0. The minimum Gasteiger partial charge on any atom is -0.369 e. The molecule has 1 aromatic rings. The van der Waals surface area contributed by atoms with Gasteiger partial charge in [0.15, 0.2) is 5.96 Å². The van der Waals surface area contributed by atoms with Gasteiger partial charge in [-0.2, -0.15) is 0 Å². The summed E-state index contributed by atoms with van der Waals surface area (Å²) in [6.07, 6.45) is 2.37. The van der Waals surface area contributed by atoms with Gasteiger partial charge >= 0.3 is 0 Å². The van der Waals surface area contributed by atoms with Crippen LogP contribution in [-0.4, -0.2) is 50.1 Å². The largest absolute Gasteiger partial charge is 0.369 e. The molecule has 2 unspecified atom stereocenters. The van der Waals surface area contributed by atoms with Crippen LogP contribution < -0.4 is 20.9 Å². The van der Waals surface area contributed by atoms with Gasteiger partial charge in [0.2, 0.25) is 5.91 Å². The van der Waals surface area contributed by atoms with E-state index in [1.54, 1.807) is 0 Å². The number of guanidine groups is 1. The topological polar surface area (TPSA) is 68.8 Å². The summed E-state index contributed by atoms with van der Waals surface area (Å²) in [7, 11) is 0. The maximum atomic E-state index is 11.9. The van der Waals surface area contributed by atoms with Crippen LogP contribution in [-0.2, 0) is 4.79 Å². The number of halogens is 2. The number of benzene rings is 1. The smallest absolute Gasteiger partial charge is 0.222 e. The molecule has 158 valence electrons. The van der Waals surface area contributed by atoms with Crippen molar-refractivity contribution in [1.29, 1.82) is 0 Å². The highest BCUT2D eigenvalue weighted by molar-refractivity contribution is 14.0. The van der Waals surface area contributed by atoms with Crippen LogP contribution in [0.1, 0.15) is 40.0 Å². The van der Waals surface area contributed by atoms with Crippen molar-refractivity contribution in [3.05, 3.63) is 29.3 Å². The molecule has 0 aromatic heterocycles. The zero-order valence-corrected chi connectivity index (χ0v) is 20.1. The monoisotopic (exact) mass is 521 g/mol. The summed E-state index contributed by atoms with van der Waals surface area (Å²) in [5.74, 6) is 0.823. The lowest BCUT2D eigenvalue weighted by Crippen LogP contribution is -2.44. The number of hydrogen-bond acceptors (Lipinski definition) is 3.